The lowest BCUT2D eigenvalue weighted by molar-refractivity contribution is -0.120. The molecule has 1 saturated carbocycles. The quantitative estimate of drug-likeness (QED) is 0.339. The zero-order valence-electron chi connectivity index (χ0n) is 20.8. The number of thiazole rings is 1. The molecule has 0 N–H and O–H groups in total. The minimum absolute atomic E-state index is 0.223. The first-order valence-corrected chi connectivity index (χ1v) is 15.2. The number of nitrogens with zero attached hydrogens (tertiary/aromatic N) is 4. The Labute approximate surface area is 221 Å². The number of piperidine rings is 1. The highest BCUT2D eigenvalue weighted by Crippen LogP contribution is 2.39. The van der Waals surface area contributed by atoms with E-state index in [9.17, 15) is 13.2 Å². The number of hydrogen-bond donors (Lipinski definition) is 0. The second-order valence-electron chi connectivity index (χ2n) is 10.3. The van der Waals surface area contributed by atoms with Gasteiger partial charge in [0, 0.05) is 47.5 Å². The Kier molecular flexibility index (Phi) is 6.46. The predicted octanol–water partition coefficient (Wildman–Crippen LogP) is 5.43. The zero-order chi connectivity index (χ0) is 25.6. The SMILES string of the molecule is CN1CCC(c2nc(-c3cn(S(=O)(=O)c4ccccc4)c4ncc(C5CCC(=O)CC5)cc34)cs2)CC1. The van der Waals surface area contributed by atoms with Gasteiger partial charge in [-0.15, -0.1) is 11.3 Å². The van der Waals surface area contributed by atoms with Crippen molar-refractivity contribution in [2.24, 2.45) is 0 Å². The Morgan fingerprint density at radius 2 is 1.73 bits per heavy atom. The van der Waals surface area contributed by atoms with Crippen LogP contribution in [0.25, 0.3) is 22.3 Å². The largest absolute Gasteiger partial charge is 0.306 e. The molecule has 9 heteroatoms. The van der Waals surface area contributed by atoms with E-state index in [-0.39, 0.29) is 10.8 Å². The van der Waals surface area contributed by atoms with E-state index in [0.717, 1.165) is 66.0 Å². The van der Waals surface area contributed by atoms with E-state index in [1.165, 1.54) is 3.97 Å². The molecule has 6 rings (SSSR count). The van der Waals surface area contributed by atoms with Crippen LogP contribution in [0.5, 0.6) is 0 Å². The number of rotatable bonds is 5. The normalized spacial score (nSPS) is 18.6. The van der Waals surface area contributed by atoms with Crippen molar-refractivity contribution in [2.45, 2.75) is 55.3 Å². The Morgan fingerprint density at radius 3 is 2.46 bits per heavy atom. The lowest BCUT2D eigenvalue weighted by atomic mass is 9.84. The first kappa shape index (κ1) is 24.5. The molecule has 4 aromatic rings. The van der Waals surface area contributed by atoms with E-state index in [4.69, 9.17) is 4.98 Å². The molecule has 0 bridgehead atoms. The number of likely N-dealkylation sites (tertiary alicyclic amines) is 1. The molecule has 1 saturated heterocycles. The molecule has 0 unspecified atom stereocenters. The van der Waals surface area contributed by atoms with Gasteiger partial charge < -0.3 is 4.90 Å². The topological polar surface area (TPSA) is 85.2 Å². The molecule has 1 aromatic carbocycles. The molecule has 4 heterocycles. The third-order valence-corrected chi connectivity index (χ3v) is 10.5. The number of benzene rings is 1. The van der Waals surface area contributed by atoms with Crippen LogP contribution in [0, 0.1) is 0 Å². The minimum Gasteiger partial charge on any atom is -0.306 e. The van der Waals surface area contributed by atoms with Crippen molar-refractivity contribution in [3.8, 4) is 11.3 Å². The Morgan fingerprint density at radius 1 is 1.00 bits per heavy atom. The van der Waals surface area contributed by atoms with Gasteiger partial charge in [0.1, 0.15) is 5.78 Å². The molecule has 0 amide bonds. The summed E-state index contributed by atoms with van der Waals surface area (Å²) in [5.41, 5.74) is 3.04. The summed E-state index contributed by atoms with van der Waals surface area (Å²) < 4.78 is 28.6. The maximum absolute atomic E-state index is 13.7. The van der Waals surface area contributed by atoms with Crippen LogP contribution in [0.15, 0.2) is 59.1 Å². The highest BCUT2D eigenvalue weighted by Gasteiger charge is 2.27. The summed E-state index contributed by atoms with van der Waals surface area (Å²) in [4.78, 5) is 24.1. The molecule has 2 aliphatic rings. The van der Waals surface area contributed by atoms with Crippen LogP contribution in [-0.4, -0.2) is 53.2 Å². The van der Waals surface area contributed by atoms with E-state index in [1.807, 2.05) is 5.38 Å². The first-order valence-electron chi connectivity index (χ1n) is 12.9. The smallest absolute Gasteiger partial charge is 0.269 e. The molecule has 0 atom stereocenters. The Balaban J connectivity index is 1.46. The van der Waals surface area contributed by atoms with Crippen molar-refractivity contribution in [3.05, 3.63) is 64.7 Å². The van der Waals surface area contributed by atoms with E-state index in [0.29, 0.717) is 30.2 Å². The van der Waals surface area contributed by atoms with Gasteiger partial charge in [-0.05, 0) is 75.5 Å². The predicted molar refractivity (Wildman–Crippen MR) is 146 cm³/mol. The summed E-state index contributed by atoms with van der Waals surface area (Å²) in [5.74, 6) is 1.00. The number of pyridine rings is 1. The van der Waals surface area contributed by atoms with Crippen LogP contribution in [0.3, 0.4) is 0 Å². The maximum Gasteiger partial charge on any atom is 0.269 e. The van der Waals surface area contributed by atoms with Crippen LogP contribution in [-0.2, 0) is 14.8 Å². The molecule has 3 aromatic heterocycles. The molecule has 7 nitrogen and oxygen atoms in total. The van der Waals surface area contributed by atoms with E-state index in [2.05, 4.69) is 23.0 Å². The molecule has 192 valence electrons. The van der Waals surface area contributed by atoms with Crippen molar-refractivity contribution in [1.82, 2.24) is 18.8 Å². The summed E-state index contributed by atoms with van der Waals surface area (Å²) in [6, 6.07) is 10.5. The third kappa shape index (κ3) is 4.64. The van der Waals surface area contributed by atoms with Gasteiger partial charge in [-0.1, -0.05) is 18.2 Å². The van der Waals surface area contributed by atoms with Crippen LogP contribution in [0.1, 0.15) is 60.9 Å². The van der Waals surface area contributed by atoms with Gasteiger partial charge >= 0.3 is 0 Å². The third-order valence-electron chi connectivity index (χ3n) is 7.81. The molecule has 2 fully saturated rings. The van der Waals surface area contributed by atoms with Gasteiger partial charge in [0.2, 0.25) is 0 Å². The van der Waals surface area contributed by atoms with Crippen molar-refractivity contribution < 1.29 is 13.2 Å². The molecular formula is C28H30N4O3S2. The molecule has 0 radical (unpaired) electrons. The van der Waals surface area contributed by atoms with Gasteiger partial charge in [-0.25, -0.2) is 22.4 Å². The van der Waals surface area contributed by atoms with Crippen molar-refractivity contribution in [2.75, 3.05) is 20.1 Å². The minimum atomic E-state index is -3.84. The van der Waals surface area contributed by atoms with Gasteiger partial charge in [0.05, 0.1) is 15.6 Å². The lowest BCUT2D eigenvalue weighted by Crippen LogP contribution is -2.29. The average molecular weight is 535 g/mol. The highest BCUT2D eigenvalue weighted by atomic mass is 32.2. The van der Waals surface area contributed by atoms with Crippen LogP contribution in [0.4, 0.5) is 0 Å². The van der Waals surface area contributed by atoms with Gasteiger partial charge in [0.15, 0.2) is 5.65 Å². The first-order chi connectivity index (χ1) is 17.9. The average Bonchev–Trinajstić information content (AvgIpc) is 3.55. The monoisotopic (exact) mass is 534 g/mol. The standard InChI is InChI=1S/C28H30N4O3S2/c1-31-13-11-20(12-14-31)28-30-26(18-36-28)25-17-32(37(34,35)23-5-3-2-4-6-23)27-24(25)15-21(16-29-27)19-7-9-22(33)10-8-19/h2-6,15-20H,7-14H2,1H3. The van der Waals surface area contributed by atoms with Gasteiger partial charge in [-0.2, -0.15) is 0 Å². The Hall–Kier alpha value is -2.88. The van der Waals surface area contributed by atoms with E-state index >= 15 is 0 Å². The fraction of sp³-hybridized carbons (Fsp3) is 0.393. The van der Waals surface area contributed by atoms with Crippen molar-refractivity contribution in [1.29, 1.82) is 0 Å². The van der Waals surface area contributed by atoms with Gasteiger partial charge in [-0.3, -0.25) is 4.79 Å². The number of carbonyl (C=O) groups excluding carboxylic acids is 1. The maximum atomic E-state index is 13.7. The zero-order valence-corrected chi connectivity index (χ0v) is 22.5. The van der Waals surface area contributed by atoms with E-state index < -0.39 is 10.0 Å². The molecule has 1 aliphatic heterocycles. The van der Waals surface area contributed by atoms with Crippen molar-refractivity contribution >= 4 is 38.2 Å². The summed E-state index contributed by atoms with van der Waals surface area (Å²) in [6.45, 7) is 2.12. The number of hydrogen-bond acceptors (Lipinski definition) is 7. The molecule has 1 aliphatic carbocycles. The number of aromatic nitrogens is 3. The molecule has 37 heavy (non-hydrogen) atoms. The summed E-state index contributed by atoms with van der Waals surface area (Å²) >= 11 is 1.66. The van der Waals surface area contributed by atoms with Crippen LogP contribution in [0.2, 0.25) is 0 Å². The summed E-state index contributed by atoms with van der Waals surface area (Å²) in [5, 5.41) is 3.95. The van der Waals surface area contributed by atoms with E-state index in [1.54, 1.807) is 54.1 Å². The summed E-state index contributed by atoms with van der Waals surface area (Å²) in [7, 11) is -1.69. The number of Topliss-reactive ketones (excluding diaryl/α,β-unsaturated/α-hetero) is 1. The van der Waals surface area contributed by atoms with Crippen molar-refractivity contribution in [3.63, 3.8) is 0 Å². The number of carbonyl (C=O) groups is 1. The van der Waals surface area contributed by atoms with Gasteiger partial charge in [0.25, 0.3) is 10.0 Å². The van der Waals surface area contributed by atoms with Crippen LogP contribution >= 0.6 is 11.3 Å². The number of ketones is 1. The molecule has 0 spiro atoms. The fourth-order valence-electron chi connectivity index (χ4n) is 5.54. The molecular weight excluding hydrogens is 504 g/mol. The second-order valence-corrected chi connectivity index (χ2v) is 13.0. The fourth-order valence-corrected chi connectivity index (χ4v) is 7.88. The van der Waals surface area contributed by atoms with Crippen LogP contribution < -0.4 is 0 Å². The lowest BCUT2D eigenvalue weighted by Gasteiger charge is -2.27. The Bertz CT molecular complexity index is 1540. The second kappa shape index (κ2) is 9.78. The highest BCUT2D eigenvalue weighted by molar-refractivity contribution is 7.90. The summed E-state index contributed by atoms with van der Waals surface area (Å²) in [6.07, 6.45) is 8.42. The number of fused-ring (bicyclic) bond motifs is 1.